The molecular formula is C22H21N7O2S. The third kappa shape index (κ3) is 3.52. The Bertz CT molecular complexity index is 1310. The van der Waals surface area contributed by atoms with E-state index in [1.165, 1.54) is 0 Å². The molecule has 0 saturated carbocycles. The fraction of sp³-hybridized carbons (Fsp3) is 0.273. The Labute approximate surface area is 188 Å². The Morgan fingerprint density at radius 1 is 1.22 bits per heavy atom. The molecule has 1 saturated heterocycles. The molecule has 3 aromatic heterocycles. The SMILES string of the molecule is O=C1NCc2cc(-c3cnc(Nc4nc(CN5CCOCC5)cs4)c4nccn34)ccc21. The first kappa shape index (κ1) is 19.4. The van der Waals surface area contributed by atoms with Crippen molar-refractivity contribution in [1.82, 2.24) is 29.6 Å². The molecule has 0 spiro atoms. The lowest BCUT2D eigenvalue weighted by atomic mass is 10.0. The molecule has 2 N–H and O–H groups in total. The molecule has 10 heteroatoms. The first-order valence-corrected chi connectivity index (χ1v) is 11.4. The summed E-state index contributed by atoms with van der Waals surface area (Å²) in [7, 11) is 0. The van der Waals surface area contributed by atoms with Gasteiger partial charge in [0.2, 0.25) is 0 Å². The van der Waals surface area contributed by atoms with Gasteiger partial charge in [-0.25, -0.2) is 15.0 Å². The number of nitrogens with zero attached hydrogens (tertiary/aromatic N) is 5. The zero-order valence-corrected chi connectivity index (χ0v) is 18.1. The summed E-state index contributed by atoms with van der Waals surface area (Å²) >= 11 is 1.56. The van der Waals surface area contributed by atoms with Gasteiger partial charge in [-0.3, -0.25) is 14.1 Å². The summed E-state index contributed by atoms with van der Waals surface area (Å²) in [4.78, 5) is 28.1. The van der Waals surface area contributed by atoms with Gasteiger partial charge < -0.3 is 15.4 Å². The van der Waals surface area contributed by atoms with Crippen LogP contribution in [-0.4, -0.2) is 56.5 Å². The lowest BCUT2D eigenvalue weighted by Crippen LogP contribution is -2.35. The first-order chi connectivity index (χ1) is 15.7. The lowest BCUT2D eigenvalue weighted by Gasteiger charge is -2.25. The minimum Gasteiger partial charge on any atom is -0.379 e. The van der Waals surface area contributed by atoms with Gasteiger partial charge in [-0.1, -0.05) is 6.07 Å². The maximum atomic E-state index is 11.9. The molecule has 0 radical (unpaired) electrons. The van der Waals surface area contributed by atoms with Crippen molar-refractivity contribution >= 4 is 33.8 Å². The van der Waals surface area contributed by atoms with Crippen LogP contribution < -0.4 is 10.6 Å². The normalized spacial score (nSPS) is 16.3. The zero-order valence-electron chi connectivity index (χ0n) is 17.2. The minimum absolute atomic E-state index is 0.0200. The fourth-order valence-corrected chi connectivity index (χ4v) is 4.84. The number of ether oxygens (including phenoxy) is 1. The molecule has 5 heterocycles. The van der Waals surface area contributed by atoms with Crippen LogP contribution in [-0.2, 0) is 17.8 Å². The molecular weight excluding hydrogens is 426 g/mol. The van der Waals surface area contributed by atoms with E-state index in [9.17, 15) is 4.79 Å². The Hall–Kier alpha value is -3.34. The van der Waals surface area contributed by atoms with Crippen LogP contribution >= 0.6 is 11.3 Å². The van der Waals surface area contributed by atoms with Crippen molar-refractivity contribution in [2.45, 2.75) is 13.1 Å². The molecule has 9 nitrogen and oxygen atoms in total. The molecule has 2 aliphatic heterocycles. The van der Waals surface area contributed by atoms with Crippen LogP contribution in [0.3, 0.4) is 0 Å². The van der Waals surface area contributed by atoms with E-state index in [0.717, 1.165) is 71.7 Å². The van der Waals surface area contributed by atoms with Gasteiger partial charge in [0.1, 0.15) is 0 Å². The highest BCUT2D eigenvalue weighted by Gasteiger charge is 2.20. The summed E-state index contributed by atoms with van der Waals surface area (Å²) < 4.78 is 7.42. The number of anilines is 2. The smallest absolute Gasteiger partial charge is 0.251 e. The molecule has 1 aromatic carbocycles. The highest BCUT2D eigenvalue weighted by atomic mass is 32.1. The van der Waals surface area contributed by atoms with Crippen LogP contribution in [0.5, 0.6) is 0 Å². The van der Waals surface area contributed by atoms with Crippen molar-refractivity contribution < 1.29 is 9.53 Å². The highest BCUT2D eigenvalue weighted by Crippen LogP contribution is 2.29. The first-order valence-electron chi connectivity index (χ1n) is 10.5. The molecule has 4 aromatic rings. The molecule has 162 valence electrons. The van der Waals surface area contributed by atoms with Crippen molar-refractivity contribution in [3.05, 3.63) is 59.0 Å². The predicted octanol–water partition coefficient (Wildman–Crippen LogP) is 2.67. The van der Waals surface area contributed by atoms with Gasteiger partial charge >= 0.3 is 0 Å². The van der Waals surface area contributed by atoms with Gasteiger partial charge in [-0.05, 0) is 17.7 Å². The van der Waals surface area contributed by atoms with Gasteiger partial charge in [0.05, 0.1) is 30.8 Å². The summed E-state index contributed by atoms with van der Waals surface area (Å²) in [5.41, 5.74) is 5.40. The molecule has 0 aliphatic carbocycles. The number of carbonyl (C=O) groups excluding carboxylic acids is 1. The van der Waals surface area contributed by atoms with Gasteiger partial charge in [-0.15, -0.1) is 11.3 Å². The van der Waals surface area contributed by atoms with Crippen LogP contribution in [0, 0.1) is 0 Å². The summed E-state index contributed by atoms with van der Waals surface area (Å²) in [6.45, 7) is 4.80. The van der Waals surface area contributed by atoms with E-state index in [0.29, 0.717) is 12.4 Å². The standard InChI is InChI=1S/C22H21N7O2S/c30-21-17-2-1-14(9-15(17)10-25-21)18-11-24-19(20-23-3-4-29(18)20)27-22-26-16(13-32-22)12-28-5-7-31-8-6-28/h1-4,9,11,13H,5-8,10,12H2,(H,25,30)(H,24,26,27). The van der Waals surface area contributed by atoms with Crippen LogP contribution in [0.2, 0.25) is 0 Å². The number of thiazole rings is 1. The van der Waals surface area contributed by atoms with Crippen LogP contribution in [0.1, 0.15) is 21.6 Å². The number of amides is 1. The van der Waals surface area contributed by atoms with E-state index in [-0.39, 0.29) is 5.91 Å². The van der Waals surface area contributed by atoms with Crippen LogP contribution in [0.15, 0.2) is 42.2 Å². The van der Waals surface area contributed by atoms with E-state index < -0.39 is 0 Å². The van der Waals surface area contributed by atoms with Gasteiger partial charge in [0.15, 0.2) is 16.6 Å². The monoisotopic (exact) mass is 447 g/mol. The number of nitrogens with one attached hydrogen (secondary N) is 2. The van der Waals surface area contributed by atoms with Crippen molar-refractivity contribution in [2.75, 3.05) is 31.6 Å². The summed E-state index contributed by atoms with van der Waals surface area (Å²) in [6, 6.07) is 5.86. The van der Waals surface area contributed by atoms with E-state index in [1.54, 1.807) is 17.5 Å². The minimum atomic E-state index is -0.0200. The number of imidazole rings is 1. The van der Waals surface area contributed by atoms with Crippen LogP contribution in [0.25, 0.3) is 16.9 Å². The average Bonchev–Trinajstić information content (AvgIpc) is 3.56. The quantitative estimate of drug-likeness (QED) is 0.486. The Morgan fingerprint density at radius 2 is 2.12 bits per heavy atom. The van der Waals surface area contributed by atoms with E-state index in [4.69, 9.17) is 9.72 Å². The van der Waals surface area contributed by atoms with Gasteiger partial charge in [-0.2, -0.15) is 0 Å². The number of carbonyl (C=O) groups is 1. The number of benzene rings is 1. The number of morpholine rings is 1. The van der Waals surface area contributed by atoms with E-state index >= 15 is 0 Å². The maximum Gasteiger partial charge on any atom is 0.251 e. The predicted molar refractivity (Wildman–Crippen MR) is 121 cm³/mol. The van der Waals surface area contributed by atoms with Gasteiger partial charge in [0.25, 0.3) is 5.91 Å². The van der Waals surface area contributed by atoms with Crippen molar-refractivity contribution in [1.29, 1.82) is 0 Å². The fourth-order valence-electron chi connectivity index (χ4n) is 4.14. The summed E-state index contributed by atoms with van der Waals surface area (Å²) in [5.74, 6) is 0.637. The molecule has 1 fully saturated rings. The second kappa shape index (κ2) is 7.97. The molecule has 2 aliphatic rings. The van der Waals surface area contributed by atoms with Crippen LogP contribution in [0.4, 0.5) is 10.9 Å². The maximum absolute atomic E-state index is 11.9. The number of fused-ring (bicyclic) bond motifs is 2. The molecule has 0 atom stereocenters. The third-order valence-electron chi connectivity index (χ3n) is 5.78. The third-order valence-corrected chi connectivity index (χ3v) is 6.59. The molecule has 0 bridgehead atoms. The zero-order chi connectivity index (χ0) is 21.5. The summed E-state index contributed by atoms with van der Waals surface area (Å²) in [5, 5.41) is 9.06. The second-order valence-corrected chi connectivity index (χ2v) is 8.68. The number of aromatic nitrogens is 4. The number of hydrogen-bond donors (Lipinski definition) is 2. The Balaban J connectivity index is 1.26. The largest absolute Gasteiger partial charge is 0.379 e. The van der Waals surface area contributed by atoms with E-state index in [2.05, 4.69) is 30.9 Å². The molecule has 0 unspecified atom stereocenters. The van der Waals surface area contributed by atoms with Crippen molar-refractivity contribution in [3.8, 4) is 11.3 Å². The molecule has 32 heavy (non-hydrogen) atoms. The Kier molecular flexibility index (Phi) is 4.82. The van der Waals surface area contributed by atoms with E-state index in [1.807, 2.05) is 35.0 Å². The lowest BCUT2D eigenvalue weighted by molar-refractivity contribution is 0.0337. The molecule has 1 amide bonds. The molecule has 6 rings (SSSR count). The van der Waals surface area contributed by atoms with Crippen molar-refractivity contribution in [3.63, 3.8) is 0 Å². The van der Waals surface area contributed by atoms with Gasteiger partial charge in [0, 0.05) is 55.1 Å². The van der Waals surface area contributed by atoms with Crippen molar-refractivity contribution in [2.24, 2.45) is 0 Å². The second-order valence-electron chi connectivity index (χ2n) is 7.83. The summed E-state index contributed by atoms with van der Waals surface area (Å²) in [6.07, 6.45) is 5.50. The Morgan fingerprint density at radius 3 is 3.03 bits per heavy atom. The average molecular weight is 448 g/mol. The number of hydrogen-bond acceptors (Lipinski definition) is 8. The number of rotatable bonds is 5. The highest BCUT2D eigenvalue weighted by molar-refractivity contribution is 7.13. The topological polar surface area (TPSA) is 96.7 Å².